The van der Waals surface area contributed by atoms with Gasteiger partial charge in [0.15, 0.2) is 17.2 Å². The summed E-state index contributed by atoms with van der Waals surface area (Å²) >= 11 is 12.5. The number of nitrogens with zero attached hydrogens (tertiary/aromatic N) is 2. The lowest BCUT2D eigenvalue weighted by atomic mass is 10.1. The molecule has 0 unspecified atom stereocenters. The van der Waals surface area contributed by atoms with Crippen LogP contribution in [0.3, 0.4) is 0 Å². The monoisotopic (exact) mass is 590 g/mol. The minimum atomic E-state index is -4.34. The van der Waals surface area contributed by atoms with E-state index in [0.29, 0.717) is 17.5 Å². The molecule has 0 atom stereocenters. The molecule has 4 rings (SSSR count). The molecule has 38 heavy (non-hydrogen) atoms. The molecule has 1 fully saturated rings. The molecule has 3 N–H and O–H groups in total. The third-order valence-electron chi connectivity index (χ3n) is 5.66. The highest BCUT2D eigenvalue weighted by Gasteiger charge is 2.51. The maximum Gasteiger partial charge on any atom is 0.349 e. The van der Waals surface area contributed by atoms with Crippen LogP contribution in [0, 0.1) is 0 Å². The molecule has 202 valence electrons. The number of Topliss-reactive ketones (excluding diaryl/α,β-unsaturated/α-hetero) is 1. The fourth-order valence-electron chi connectivity index (χ4n) is 3.60. The van der Waals surface area contributed by atoms with E-state index in [4.69, 9.17) is 27.9 Å². The van der Waals surface area contributed by atoms with E-state index >= 15 is 0 Å². The van der Waals surface area contributed by atoms with E-state index in [1.165, 1.54) is 6.07 Å². The van der Waals surface area contributed by atoms with Gasteiger partial charge in [-0.2, -0.15) is 14.5 Å². The van der Waals surface area contributed by atoms with Crippen molar-refractivity contribution in [3.63, 3.8) is 0 Å². The van der Waals surface area contributed by atoms with E-state index in [0.717, 1.165) is 24.3 Å². The number of ether oxygens (including phenoxy) is 1. The van der Waals surface area contributed by atoms with Gasteiger partial charge in [-0.05, 0) is 37.1 Å². The van der Waals surface area contributed by atoms with Crippen LogP contribution < -0.4 is 20.7 Å². The van der Waals surface area contributed by atoms with Crippen LogP contribution in [0.4, 0.5) is 8.78 Å². The van der Waals surface area contributed by atoms with Crippen LogP contribution in [0.15, 0.2) is 44.8 Å². The zero-order valence-electron chi connectivity index (χ0n) is 19.3. The molecule has 0 aliphatic heterocycles. The molecule has 1 aliphatic carbocycles. The molecule has 16 heteroatoms. The van der Waals surface area contributed by atoms with Crippen LogP contribution in [0.1, 0.15) is 38.3 Å². The van der Waals surface area contributed by atoms with Gasteiger partial charge in [-0.25, -0.2) is 22.0 Å². The predicted molar refractivity (Wildman–Crippen MR) is 131 cm³/mol. The molecule has 0 saturated heterocycles. The van der Waals surface area contributed by atoms with Gasteiger partial charge >= 0.3 is 5.69 Å². The summed E-state index contributed by atoms with van der Waals surface area (Å²) in [7, 11) is -4.34. The maximum absolute atomic E-state index is 13.1. The molecule has 1 aliphatic rings. The molecule has 0 spiro atoms. The number of carbonyl (C=O) groups is 1. The third kappa shape index (κ3) is 5.29. The van der Waals surface area contributed by atoms with E-state index in [2.05, 4.69) is 9.82 Å². The molecule has 1 saturated carbocycles. The lowest BCUT2D eigenvalue weighted by Crippen LogP contribution is -2.42. The number of rotatable bonds is 9. The highest BCUT2D eigenvalue weighted by molar-refractivity contribution is 7.89. The second-order valence-electron chi connectivity index (χ2n) is 8.29. The Kier molecular flexibility index (Phi) is 7.36. The number of phenolic OH excluding ortho intramolecular Hbond substituents is 1. The molecule has 11 nitrogen and oxygen atoms in total. The normalized spacial score (nSPS) is 14.5. The summed E-state index contributed by atoms with van der Waals surface area (Å²) in [5.41, 5.74) is -5.06. The lowest BCUT2D eigenvalue weighted by Gasteiger charge is -2.17. The first-order chi connectivity index (χ1) is 17.8. The Hall–Kier alpha value is -3.33. The number of nitrogens with one attached hydrogen (secondary N) is 2. The van der Waals surface area contributed by atoms with Crippen molar-refractivity contribution in [2.75, 3.05) is 0 Å². The molecular formula is C22H18Cl2F2N4O7S. The summed E-state index contributed by atoms with van der Waals surface area (Å²) in [5.74, 6) is -1.20. The van der Waals surface area contributed by atoms with Crippen molar-refractivity contribution in [2.24, 2.45) is 0 Å². The quantitative estimate of drug-likeness (QED) is 0.341. The van der Waals surface area contributed by atoms with Crippen LogP contribution in [-0.2, 0) is 14.8 Å². The number of H-pyrrole nitrogens is 1. The summed E-state index contributed by atoms with van der Waals surface area (Å²) in [5, 5.41) is 13.1. The van der Waals surface area contributed by atoms with E-state index in [9.17, 15) is 36.7 Å². The molecule has 3 aromatic rings. The van der Waals surface area contributed by atoms with E-state index < -0.39 is 49.6 Å². The maximum atomic E-state index is 13.1. The molecule has 0 bridgehead atoms. The number of halogens is 4. The van der Waals surface area contributed by atoms with Crippen molar-refractivity contribution in [3.8, 4) is 22.9 Å². The number of aromatic hydroxyl groups is 1. The minimum absolute atomic E-state index is 0.120. The number of hydrogen-bond acceptors (Lipinski definition) is 8. The smallest absolute Gasteiger partial charge is 0.349 e. The molecule has 1 aromatic heterocycles. The fraction of sp³-hybridized carbons (Fsp3) is 0.273. The Morgan fingerprint density at radius 1 is 1.24 bits per heavy atom. The highest BCUT2D eigenvalue weighted by atomic mass is 35.5. The number of alkyl halides is 2. The zero-order valence-corrected chi connectivity index (χ0v) is 21.6. The van der Waals surface area contributed by atoms with E-state index in [-0.39, 0.29) is 39.4 Å². The van der Waals surface area contributed by atoms with Crippen LogP contribution in [0.25, 0.3) is 5.69 Å². The van der Waals surface area contributed by atoms with Gasteiger partial charge in [0.1, 0.15) is 16.4 Å². The number of hydrogen-bond donors (Lipinski definition) is 3. The van der Waals surface area contributed by atoms with E-state index in [1.54, 1.807) is 11.9 Å². The van der Waals surface area contributed by atoms with Crippen molar-refractivity contribution in [1.82, 2.24) is 19.5 Å². The van der Waals surface area contributed by atoms with Crippen LogP contribution in [0.2, 0.25) is 10.0 Å². The van der Waals surface area contributed by atoms with Crippen LogP contribution in [0.5, 0.6) is 17.2 Å². The number of benzene rings is 2. The minimum Gasteiger partial charge on any atom is -0.507 e. The third-order valence-corrected chi connectivity index (χ3v) is 7.79. The van der Waals surface area contributed by atoms with E-state index in [1.807, 2.05) is 0 Å². The fourth-order valence-corrected chi connectivity index (χ4v) is 5.71. The summed E-state index contributed by atoms with van der Waals surface area (Å²) in [6, 6.07) is 5.46. The first-order valence-corrected chi connectivity index (χ1v) is 13.1. The van der Waals surface area contributed by atoms with Crippen molar-refractivity contribution < 1.29 is 31.8 Å². The predicted octanol–water partition coefficient (Wildman–Crippen LogP) is 3.45. The first kappa shape index (κ1) is 27.7. The van der Waals surface area contributed by atoms with Gasteiger partial charge in [0.25, 0.3) is 12.0 Å². The van der Waals surface area contributed by atoms with Gasteiger partial charge in [0.05, 0.1) is 21.3 Å². The number of ketones is 1. The molecular weight excluding hydrogens is 573 g/mol. The van der Waals surface area contributed by atoms with Crippen LogP contribution >= 0.6 is 23.2 Å². The number of aromatic nitrogens is 3. The Bertz CT molecular complexity index is 1650. The summed E-state index contributed by atoms with van der Waals surface area (Å²) in [6.07, 6.45) is -2.46. The standard InChI is InChI=1S/C22H18Cl2F2N4O7S/c1-2-16(32)22(5-6-22)29-38(35,36)15-9-11(3-4-14(15)31)37-18-12(23)7-10(8-13(18)24)30-21(34)27-20(33)17(28-30)19(25)26/h3-4,7-9,19,29,31H,2,5-6H2,1H3,(H,27,33,34). The zero-order chi connectivity index (χ0) is 28.0. The SMILES string of the molecule is CCC(=O)C1(NS(=O)(=O)c2cc(Oc3c(Cl)cc(-n4nc(C(F)F)c(=O)[nH]c4=O)cc3Cl)ccc2O)CC1. The summed E-state index contributed by atoms with van der Waals surface area (Å²) in [4.78, 5) is 37.0. The summed E-state index contributed by atoms with van der Waals surface area (Å²) in [6.45, 7) is 1.61. The highest BCUT2D eigenvalue weighted by Crippen LogP contribution is 2.42. The van der Waals surface area contributed by atoms with Gasteiger partial charge < -0.3 is 9.84 Å². The van der Waals surface area contributed by atoms with Crippen LogP contribution in [-0.4, -0.2) is 39.6 Å². The number of carbonyl (C=O) groups excluding carboxylic acids is 1. The average molecular weight is 591 g/mol. The largest absolute Gasteiger partial charge is 0.507 e. The van der Waals surface area contributed by atoms with Gasteiger partial charge in [-0.1, -0.05) is 30.1 Å². The molecule has 0 amide bonds. The second-order valence-corrected chi connectivity index (χ2v) is 10.8. The average Bonchev–Trinajstić information content (AvgIpc) is 3.61. The van der Waals surface area contributed by atoms with Gasteiger partial charge in [0, 0.05) is 12.5 Å². The lowest BCUT2D eigenvalue weighted by molar-refractivity contribution is -0.121. The first-order valence-electron chi connectivity index (χ1n) is 10.9. The van der Waals surface area contributed by atoms with Gasteiger partial charge in [-0.3, -0.25) is 14.6 Å². The van der Waals surface area contributed by atoms with Gasteiger partial charge in [0.2, 0.25) is 10.0 Å². The van der Waals surface area contributed by atoms with Crippen molar-refractivity contribution in [3.05, 3.63) is 66.9 Å². The molecule has 2 aromatic carbocycles. The summed E-state index contributed by atoms with van der Waals surface area (Å²) < 4.78 is 60.5. The van der Waals surface area contributed by atoms with Crippen molar-refractivity contribution >= 4 is 39.0 Å². The Morgan fingerprint density at radius 3 is 2.42 bits per heavy atom. The molecule has 0 radical (unpaired) electrons. The number of aromatic amines is 1. The van der Waals surface area contributed by atoms with Crippen molar-refractivity contribution in [1.29, 1.82) is 0 Å². The number of sulfonamides is 1. The Balaban J connectivity index is 1.67. The Morgan fingerprint density at radius 2 is 1.87 bits per heavy atom. The second kappa shape index (κ2) is 10.1. The van der Waals surface area contributed by atoms with Gasteiger partial charge in [-0.15, -0.1) is 0 Å². The number of phenols is 1. The Labute approximate surface area is 223 Å². The van der Waals surface area contributed by atoms with Crippen molar-refractivity contribution in [2.45, 2.75) is 43.0 Å². The topological polar surface area (TPSA) is 160 Å². The molecule has 1 heterocycles.